The number of nitrogens with zero attached hydrogens (tertiary/aromatic N) is 2. The molecule has 3 aromatic rings. The zero-order valence-electron chi connectivity index (χ0n) is 17.0. The molecule has 0 spiro atoms. The Morgan fingerprint density at radius 1 is 0.875 bits per heavy atom. The summed E-state index contributed by atoms with van der Waals surface area (Å²) in [5.74, 6) is -0.238. The van der Waals surface area contributed by atoms with Crippen molar-refractivity contribution < 1.29 is 13.2 Å². The van der Waals surface area contributed by atoms with Gasteiger partial charge in [-0.3, -0.25) is 4.79 Å². The Bertz CT molecular complexity index is 1190. The monoisotopic (exact) mass is 509 g/mol. The minimum Gasteiger partial charge on any atom is -0.369 e. The van der Waals surface area contributed by atoms with Crippen LogP contribution >= 0.6 is 34.5 Å². The maximum absolute atomic E-state index is 13.1. The first-order valence-corrected chi connectivity index (χ1v) is 13.0. The molecule has 2 heterocycles. The summed E-state index contributed by atoms with van der Waals surface area (Å²) in [4.78, 5) is 15.2. The van der Waals surface area contributed by atoms with Crippen LogP contribution < -0.4 is 10.2 Å². The number of carbonyl (C=O) groups is 1. The molecular formula is C22H21Cl2N3O3S2. The highest BCUT2D eigenvalue weighted by molar-refractivity contribution is 7.91. The van der Waals surface area contributed by atoms with Crippen LogP contribution in [0.2, 0.25) is 10.0 Å². The van der Waals surface area contributed by atoms with Gasteiger partial charge in [0, 0.05) is 52.4 Å². The highest BCUT2D eigenvalue weighted by Crippen LogP contribution is 2.27. The first kappa shape index (κ1) is 23.1. The summed E-state index contributed by atoms with van der Waals surface area (Å²) >= 11 is 13.0. The minimum absolute atomic E-state index is 0.238. The van der Waals surface area contributed by atoms with Gasteiger partial charge < -0.3 is 10.2 Å². The van der Waals surface area contributed by atoms with Crippen molar-refractivity contribution in [1.82, 2.24) is 9.62 Å². The molecule has 4 rings (SSSR count). The third kappa shape index (κ3) is 5.27. The van der Waals surface area contributed by atoms with Crippen LogP contribution in [0.5, 0.6) is 0 Å². The fourth-order valence-corrected chi connectivity index (χ4v) is 6.55. The molecule has 168 valence electrons. The molecule has 6 nitrogen and oxygen atoms in total. The van der Waals surface area contributed by atoms with Crippen LogP contribution in [0, 0.1) is 0 Å². The van der Waals surface area contributed by atoms with Crippen LogP contribution in [0.3, 0.4) is 0 Å². The van der Waals surface area contributed by atoms with E-state index in [1.165, 1.54) is 15.6 Å². The maximum Gasteiger partial charge on any atom is 0.252 e. The van der Waals surface area contributed by atoms with Crippen molar-refractivity contribution >= 4 is 56.2 Å². The zero-order valence-corrected chi connectivity index (χ0v) is 20.1. The predicted molar refractivity (Wildman–Crippen MR) is 129 cm³/mol. The number of halogens is 2. The van der Waals surface area contributed by atoms with E-state index in [-0.39, 0.29) is 16.7 Å². The molecule has 0 atom stereocenters. The van der Waals surface area contributed by atoms with Crippen LogP contribution in [0.25, 0.3) is 0 Å². The van der Waals surface area contributed by atoms with Crippen molar-refractivity contribution in [3.05, 3.63) is 81.1 Å². The van der Waals surface area contributed by atoms with Gasteiger partial charge in [0.2, 0.25) is 0 Å². The summed E-state index contributed by atoms with van der Waals surface area (Å²) in [7, 11) is -3.57. The molecule has 0 saturated carbocycles. The van der Waals surface area contributed by atoms with Gasteiger partial charge in [0.05, 0.1) is 6.54 Å². The van der Waals surface area contributed by atoms with Crippen LogP contribution in [-0.4, -0.2) is 44.8 Å². The van der Waals surface area contributed by atoms with Gasteiger partial charge in [-0.2, -0.15) is 4.31 Å². The first-order chi connectivity index (χ1) is 15.3. The predicted octanol–water partition coefficient (Wildman–Crippen LogP) is 4.50. The molecule has 1 aliphatic rings. The van der Waals surface area contributed by atoms with Crippen LogP contribution in [-0.2, 0) is 16.6 Å². The smallest absolute Gasteiger partial charge is 0.252 e. The van der Waals surface area contributed by atoms with E-state index in [2.05, 4.69) is 10.2 Å². The van der Waals surface area contributed by atoms with Gasteiger partial charge in [-0.25, -0.2) is 8.42 Å². The normalized spacial score (nSPS) is 15.0. The van der Waals surface area contributed by atoms with E-state index in [1.807, 2.05) is 24.3 Å². The molecule has 0 radical (unpaired) electrons. The van der Waals surface area contributed by atoms with E-state index in [0.29, 0.717) is 41.8 Å². The highest BCUT2D eigenvalue weighted by atomic mass is 35.5. The Morgan fingerprint density at radius 2 is 1.47 bits per heavy atom. The Balaban J connectivity index is 1.35. The van der Waals surface area contributed by atoms with Gasteiger partial charge >= 0.3 is 0 Å². The Kier molecular flexibility index (Phi) is 7.07. The number of hydrogen-bond acceptors (Lipinski definition) is 5. The van der Waals surface area contributed by atoms with Gasteiger partial charge in [0.15, 0.2) is 0 Å². The average molecular weight is 510 g/mol. The van der Waals surface area contributed by atoms with Gasteiger partial charge in [-0.1, -0.05) is 23.2 Å². The van der Waals surface area contributed by atoms with Crippen LogP contribution in [0.1, 0.15) is 15.2 Å². The molecule has 1 aliphatic heterocycles. The van der Waals surface area contributed by atoms with Gasteiger partial charge in [0.25, 0.3) is 15.9 Å². The van der Waals surface area contributed by atoms with Crippen molar-refractivity contribution in [2.75, 3.05) is 31.1 Å². The lowest BCUT2D eigenvalue weighted by atomic mass is 10.2. The number of piperazine rings is 1. The first-order valence-electron chi connectivity index (χ1n) is 9.96. The fourth-order valence-electron chi connectivity index (χ4n) is 3.43. The Labute approximate surface area is 201 Å². The van der Waals surface area contributed by atoms with Crippen molar-refractivity contribution in [2.24, 2.45) is 0 Å². The average Bonchev–Trinajstić information content (AvgIpc) is 3.29. The molecule has 32 heavy (non-hydrogen) atoms. The molecule has 2 aromatic carbocycles. The second kappa shape index (κ2) is 9.80. The second-order valence-electron chi connectivity index (χ2n) is 7.28. The molecule has 1 aromatic heterocycles. The number of thiophene rings is 1. The SMILES string of the molecule is O=C(NCc1ccc(S(=O)(=O)N2CCN(c3ccc(Cl)cc3)CC2)s1)c1ccc(Cl)cc1. The lowest BCUT2D eigenvalue weighted by molar-refractivity contribution is 0.0951. The molecule has 0 bridgehead atoms. The Hall–Kier alpha value is -2.10. The molecule has 1 amide bonds. The maximum atomic E-state index is 13.1. The number of nitrogens with one attached hydrogen (secondary N) is 1. The van der Waals surface area contributed by atoms with Crippen molar-refractivity contribution in [3.8, 4) is 0 Å². The zero-order chi connectivity index (χ0) is 22.7. The summed E-state index contributed by atoms with van der Waals surface area (Å²) in [6.45, 7) is 2.29. The van der Waals surface area contributed by atoms with E-state index in [4.69, 9.17) is 23.2 Å². The van der Waals surface area contributed by atoms with Crippen molar-refractivity contribution in [1.29, 1.82) is 0 Å². The van der Waals surface area contributed by atoms with Gasteiger partial charge in [-0.05, 0) is 60.7 Å². The Morgan fingerprint density at radius 3 is 2.09 bits per heavy atom. The lowest BCUT2D eigenvalue weighted by Gasteiger charge is -2.35. The lowest BCUT2D eigenvalue weighted by Crippen LogP contribution is -2.48. The molecule has 1 fully saturated rings. The summed E-state index contributed by atoms with van der Waals surface area (Å²) in [5.41, 5.74) is 1.53. The molecule has 1 saturated heterocycles. The number of sulfonamides is 1. The summed E-state index contributed by atoms with van der Waals surface area (Å²) in [6, 6.07) is 17.5. The molecule has 10 heteroatoms. The van der Waals surface area contributed by atoms with E-state index in [9.17, 15) is 13.2 Å². The molecule has 1 N–H and O–H groups in total. The van der Waals surface area contributed by atoms with E-state index in [1.54, 1.807) is 36.4 Å². The van der Waals surface area contributed by atoms with E-state index in [0.717, 1.165) is 10.6 Å². The number of amides is 1. The highest BCUT2D eigenvalue weighted by Gasteiger charge is 2.29. The van der Waals surface area contributed by atoms with Crippen LogP contribution in [0.15, 0.2) is 64.9 Å². The third-order valence-electron chi connectivity index (χ3n) is 5.19. The third-order valence-corrected chi connectivity index (χ3v) is 9.15. The molecule has 0 aliphatic carbocycles. The summed E-state index contributed by atoms with van der Waals surface area (Å²) < 4.78 is 28.0. The topological polar surface area (TPSA) is 69.7 Å². The van der Waals surface area contributed by atoms with Gasteiger partial charge in [0.1, 0.15) is 4.21 Å². The minimum atomic E-state index is -3.57. The van der Waals surface area contributed by atoms with Gasteiger partial charge in [-0.15, -0.1) is 11.3 Å². The molecule has 0 unspecified atom stereocenters. The fraction of sp³-hybridized carbons (Fsp3) is 0.227. The van der Waals surface area contributed by atoms with Crippen molar-refractivity contribution in [2.45, 2.75) is 10.8 Å². The van der Waals surface area contributed by atoms with Crippen LogP contribution in [0.4, 0.5) is 5.69 Å². The number of anilines is 1. The van der Waals surface area contributed by atoms with E-state index >= 15 is 0 Å². The number of rotatable bonds is 6. The molecular weight excluding hydrogens is 489 g/mol. The quantitative estimate of drug-likeness (QED) is 0.531. The van der Waals surface area contributed by atoms with E-state index < -0.39 is 10.0 Å². The number of benzene rings is 2. The standard InChI is InChI=1S/C22H21Cl2N3O3S2/c23-17-3-1-16(2-4-17)22(28)25-15-20-9-10-21(31-20)32(29,30)27-13-11-26(12-14-27)19-7-5-18(24)6-8-19/h1-10H,11-15H2,(H,25,28). The van der Waals surface area contributed by atoms with Crippen molar-refractivity contribution in [3.63, 3.8) is 0 Å². The number of hydrogen-bond donors (Lipinski definition) is 1. The number of carbonyl (C=O) groups excluding carboxylic acids is 1. The summed E-state index contributed by atoms with van der Waals surface area (Å²) in [6.07, 6.45) is 0. The second-order valence-corrected chi connectivity index (χ2v) is 11.5. The summed E-state index contributed by atoms with van der Waals surface area (Å²) in [5, 5.41) is 4.04. The largest absolute Gasteiger partial charge is 0.369 e.